The summed E-state index contributed by atoms with van der Waals surface area (Å²) in [6, 6.07) is 5.90. The van der Waals surface area contributed by atoms with E-state index in [4.69, 9.17) is 0 Å². The molecular weight excluding hydrogens is 198 g/mol. The SMILES string of the molecule is Cc1ccc(C(=O)C(C)(C)N(C)C)cc1C. The quantitative estimate of drug-likeness (QED) is 0.729. The standard InChI is InChI=1S/C14H21NO/c1-10-7-8-12(9-11(10)2)13(16)14(3,4)15(5)6/h7-9H,1-6H3. The van der Waals surface area contributed by atoms with Crippen LogP contribution >= 0.6 is 0 Å². The molecule has 0 heterocycles. The highest BCUT2D eigenvalue weighted by Crippen LogP contribution is 2.19. The van der Waals surface area contributed by atoms with Crippen molar-refractivity contribution in [3.8, 4) is 0 Å². The van der Waals surface area contributed by atoms with Crippen molar-refractivity contribution in [2.24, 2.45) is 0 Å². The average molecular weight is 219 g/mol. The van der Waals surface area contributed by atoms with Gasteiger partial charge in [-0.3, -0.25) is 9.69 Å². The largest absolute Gasteiger partial charge is 0.297 e. The molecule has 1 aromatic carbocycles. The van der Waals surface area contributed by atoms with E-state index in [1.807, 2.05) is 58.0 Å². The molecule has 2 nitrogen and oxygen atoms in total. The van der Waals surface area contributed by atoms with E-state index in [0.29, 0.717) is 0 Å². The number of hydrogen-bond acceptors (Lipinski definition) is 2. The van der Waals surface area contributed by atoms with Crippen LogP contribution in [0, 0.1) is 13.8 Å². The lowest BCUT2D eigenvalue weighted by atomic mass is 9.90. The number of carbonyl (C=O) groups excluding carboxylic acids is 1. The number of rotatable bonds is 3. The van der Waals surface area contributed by atoms with E-state index in [1.165, 1.54) is 11.1 Å². The molecular formula is C14H21NO. The van der Waals surface area contributed by atoms with Gasteiger partial charge in [-0.15, -0.1) is 0 Å². The molecule has 0 fully saturated rings. The maximum Gasteiger partial charge on any atom is 0.182 e. The molecule has 0 radical (unpaired) electrons. The summed E-state index contributed by atoms with van der Waals surface area (Å²) in [6.45, 7) is 7.99. The lowest BCUT2D eigenvalue weighted by molar-refractivity contribution is 0.0755. The molecule has 0 aliphatic heterocycles. The molecule has 0 saturated carbocycles. The van der Waals surface area contributed by atoms with E-state index < -0.39 is 5.54 Å². The van der Waals surface area contributed by atoms with Gasteiger partial charge in [-0.2, -0.15) is 0 Å². The van der Waals surface area contributed by atoms with Gasteiger partial charge < -0.3 is 0 Å². The summed E-state index contributed by atoms with van der Waals surface area (Å²) in [4.78, 5) is 14.3. The number of carbonyl (C=O) groups is 1. The van der Waals surface area contributed by atoms with Crippen LogP contribution in [0.2, 0.25) is 0 Å². The minimum Gasteiger partial charge on any atom is -0.297 e. The Hall–Kier alpha value is -1.15. The van der Waals surface area contributed by atoms with Gasteiger partial charge in [0.1, 0.15) is 0 Å². The van der Waals surface area contributed by atoms with Crippen molar-refractivity contribution in [1.82, 2.24) is 4.90 Å². The molecule has 0 N–H and O–H groups in total. The van der Waals surface area contributed by atoms with E-state index in [1.54, 1.807) is 0 Å². The monoisotopic (exact) mass is 219 g/mol. The summed E-state index contributed by atoms with van der Waals surface area (Å²) < 4.78 is 0. The van der Waals surface area contributed by atoms with Crippen LogP contribution in [0.25, 0.3) is 0 Å². The molecule has 0 aromatic heterocycles. The van der Waals surface area contributed by atoms with Crippen LogP contribution in [0.15, 0.2) is 18.2 Å². The lowest BCUT2D eigenvalue weighted by Gasteiger charge is -2.31. The molecule has 1 rings (SSSR count). The van der Waals surface area contributed by atoms with Gasteiger partial charge in [0.25, 0.3) is 0 Å². The topological polar surface area (TPSA) is 20.3 Å². The third-order valence-corrected chi connectivity index (χ3v) is 3.44. The van der Waals surface area contributed by atoms with Crippen molar-refractivity contribution in [2.45, 2.75) is 33.2 Å². The zero-order valence-electron chi connectivity index (χ0n) is 11.1. The number of likely N-dealkylation sites (N-methyl/N-ethyl adjacent to an activating group) is 1. The van der Waals surface area contributed by atoms with Gasteiger partial charge in [0.05, 0.1) is 5.54 Å². The van der Waals surface area contributed by atoms with Crippen molar-refractivity contribution in [2.75, 3.05) is 14.1 Å². The molecule has 0 amide bonds. The zero-order chi connectivity index (χ0) is 12.5. The molecule has 16 heavy (non-hydrogen) atoms. The van der Waals surface area contributed by atoms with E-state index in [9.17, 15) is 4.79 Å². The second-order valence-corrected chi connectivity index (χ2v) is 5.08. The van der Waals surface area contributed by atoms with Crippen LogP contribution in [0.5, 0.6) is 0 Å². The molecule has 0 aliphatic carbocycles. The molecule has 0 saturated heterocycles. The van der Waals surface area contributed by atoms with E-state index in [0.717, 1.165) is 5.56 Å². The van der Waals surface area contributed by atoms with Gasteiger partial charge in [-0.25, -0.2) is 0 Å². The van der Waals surface area contributed by atoms with E-state index >= 15 is 0 Å². The summed E-state index contributed by atoms with van der Waals surface area (Å²) in [5.41, 5.74) is 2.73. The first-order valence-corrected chi connectivity index (χ1v) is 5.56. The predicted molar refractivity (Wildman–Crippen MR) is 68.0 cm³/mol. The fourth-order valence-corrected chi connectivity index (χ4v) is 1.44. The van der Waals surface area contributed by atoms with Gasteiger partial charge >= 0.3 is 0 Å². The second-order valence-electron chi connectivity index (χ2n) is 5.08. The van der Waals surface area contributed by atoms with Crippen molar-refractivity contribution in [3.63, 3.8) is 0 Å². The van der Waals surface area contributed by atoms with Crippen LogP contribution in [0.1, 0.15) is 35.3 Å². The summed E-state index contributed by atoms with van der Waals surface area (Å²) in [6.07, 6.45) is 0. The Morgan fingerprint density at radius 2 is 1.69 bits per heavy atom. The second kappa shape index (κ2) is 4.38. The zero-order valence-corrected chi connectivity index (χ0v) is 11.1. The van der Waals surface area contributed by atoms with Crippen molar-refractivity contribution >= 4 is 5.78 Å². The summed E-state index contributed by atoms with van der Waals surface area (Å²) >= 11 is 0. The number of aryl methyl sites for hydroxylation is 2. The van der Waals surface area contributed by atoms with Gasteiger partial charge in [-0.05, 0) is 59.0 Å². The number of benzene rings is 1. The maximum absolute atomic E-state index is 12.3. The normalized spacial score (nSPS) is 11.9. The van der Waals surface area contributed by atoms with Gasteiger partial charge in [-0.1, -0.05) is 12.1 Å². The first kappa shape index (κ1) is 12.9. The minimum atomic E-state index is -0.457. The number of hydrogen-bond donors (Lipinski definition) is 0. The van der Waals surface area contributed by atoms with Crippen LogP contribution < -0.4 is 0 Å². The summed E-state index contributed by atoms with van der Waals surface area (Å²) in [7, 11) is 3.86. The predicted octanol–water partition coefficient (Wildman–Crippen LogP) is 2.83. The van der Waals surface area contributed by atoms with E-state index in [-0.39, 0.29) is 5.78 Å². The molecule has 1 aromatic rings. The third kappa shape index (κ3) is 2.33. The highest BCUT2D eigenvalue weighted by Gasteiger charge is 2.30. The molecule has 0 unspecified atom stereocenters. The highest BCUT2D eigenvalue weighted by molar-refractivity contribution is 6.02. The minimum absolute atomic E-state index is 0.167. The number of nitrogens with zero attached hydrogens (tertiary/aromatic N) is 1. The Morgan fingerprint density at radius 1 is 1.12 bits per heavy atom. The first-order valence-electron chi connectivity index (χ1n) is 5.56. The smallest absolute Gasteiger partial charge is 0.182 e. The molecule has 0 aliphatic rings. The maximum atomic E-state index is 12.3. The van der Waals surface area contributed by atoms with Crippen molar-refractivity contribution in [1.29, 1.82) is 0 Å². The Labute approximate surface area is 98.3 Å². The fraction of sp³-hybridized carbons (Fsp3) is 0.500. The Balaban J connectivity index is 3.11. The molecule has 0 atom stereocenters. The Morgan fingerprint density at radius 3 is 2.12 bits per heavy atom. The van der Waals surface area contributed by atoms with Crippen LogP contribution in [0.3, 0.4) is 0 Å². The van der Waals surface area contributed by atoms with Gasteiger partial charge in [0.2, 0.25) is 0 Å². The van der Waals surface area contributed by atoms with Crippen LogP contribution in [0.4, 0.5) is 0 Å². The number of Topliss-reactive ketones (excluding diaryl/α,β-unsaturated/α-hetero) is 1. The summed E-state index contributed by atoms with van der Waals surface area (Å²) in [5, 5.41) is 0. The third-order valence-electron chi connectivity index (χ3n) is 3.44. The fourth-order valence-electron chi connectivity index (χ4n) is 1.44. The first-order chi connectivity index (χ1) is 7.26. The molecule has 0 spiro atoms. The van der Waals surface area contributed by atoms with E-state index in [2.05, 4.69) is 6.92 Å². The average Bonchev–Trinajstić information content (AvgIpc) is 2.20. The van der Waals surface area contributed by atoms with Crippen LogP contribution in [-0.4, -0.2) is 30.3 Å². The van der Waals surface area contributed by atoms with Gasteiger partial charge in [0.15, 0.2) is 5.78 Å². The van der Waals surface area contributed by atoms with Crippen LogP contribution in [-0.2, 0) is 0 Å². The molecule has 2 heteroatoms. The Kier molecular flexibility index (Phi) is 3.54. The summed E-state index contributed by atoms with van der Waals surface area (Å²) in [5.74, 6) is 0.167. The van der Waals surface area contributed by atoms with Crippen molar-refractivity contribution in [3.05, 3.63) is 34.9 Å². The molecule has 88 valence electrons. The lowest BCUT2D eigenvalue weighted by Crippen LogP contribution is -2.45. The van der Waals surface area contributed by atoms with Gasteiger partial charge in [0, 0.05) is 5.56 Å². The molecule has 0 bridgehead atoms. The Bertz CT molecular complexity index is 405. The highest BCUT2D eigenvalue weighted by atomic mass is 16.1. The number of ketones is 1. The van der Waals surface area contributed by atoms with Crippen molar-refractivity contribution < 1.29 is 4.79 Å².